The molecular formula is C10H17Cl2N. The second-order valence-corrected chi connectivity index (χ2v) is 2.57. The molecule has 0 spiro atoms. The summed E-state index contributed by atoms with van der Waals surface area (Å²) in [4.78, 5) is 3.92. The van der Waals surface area contributed by atoms with Crippen molar-refractivity contribution in [2.45, 2.75) is 34.6 Å². The van der Waals surface area contributed by atoms with E-state index in [1.807, 2.05) is 34.6 Å². The molecule has 1 aromatic rings. The van der Waals surface area contributed by atoms with Crippen LogP contribution in [0.5, 0.6) is 0 Å². The summed E-state index contributed by atoms with van der Waals surface area (Å²) in [5, 5.41) is 1.08. The Morgan fingerprint density at radius 3 is 1.77 bits per heavy atom. The van der Waals surface area contributed by atoms with Crippen molar-refractivity contribution in [3.8, 4) is 0 Å². The molecule has 1 aromatic heterocycles. The van der Waals surface area contributed by atoms with Gasteiger partial charge in [0, 0.05) is 10.7 Å². The van der Waals surface area contributed by atoms with Gasteiger partial charge in [0.25, 0.3) is 0 Å². The van der Waals surface area contributed by atoms with Crippen LogP contribution in [-0.2, 0) is 0 Å². The van der Waals surface area contributed by atoms with E-state index in [1.165, 1.54) is 0 Å². The summed E-state index contributed by atoms with van der Waals surface area (Å²) in [6.07, 6.45) is 0. The predicted octanol–water partition coefficient (Wildman–Crippen LogP) is 4.75. The monoisotopic (exact) mass is 221 g/mol. The number of aryl methyl sites for hydroxylation is 1. The fourth-order valence-electron chi connectivity index (χ4n) is 0.588. The maximum absolute atomic E-state index is 5.63. The molecule has 0 aliphatic carbocycles. The van der Waals surface area contributed by atoms with Crippen molar-refractivity contribution in [1.29, 1.82) is 0 Å². The molecule has 1 rings (SSSR count). The molecule has 0 aromatic carbocycles. The summed E-state index contributed by atoms with van der Waals surface area (Å²) in [5.41, 5.74) is 0.840. The third kappa shape index (κ3) is 8.07. The average molecular weight is 222 g/mol. The van der Waals surface area contributed by atoms with E-state index in [0.29, 0.717) is 10.2 Å². The Labute approximate surface area is 91.1 Å². The highest BCUT2D eigenvalue weighted by Crippen LogP contribution is 2.14. The molecule has 0 saturated heterocycles. The van der Waals surface area contributed by atoms with Gasteiger partial charge in [-0.25, -0.2) is 4.98 Å². The van der Waals surface area contributed by atoms with Gasteiger partial charge in [0.1, 0.15) is 5.15 Å². The van der Waals surface area contributed by atoms with Crippen LogP contribution in [0.1, 0.15) is 33.4 Å². The van der Waals surface area contributed by atoms with Crippen LogP contribution in [-0.4, -0.2) is 4.98 Å². The first-order valence-electron chi connectivity index (χ1n) is 4.48. The normalized spacial score (nSPS) is 7.62. The highest BCUT2D eigenvalue weighted by atomic mass is 35.5. The number of hydrogen-bond donors (Lipinski definition) is 0. The molecule has 0 atom stereocenters. The van der Waals surface area contributed by atoms with Gasteiger partial charge < -0.3 is 0 Å². The molecular weight excluding hydrogens is 205 g/mol. The van der Waals surface area contributed by atoms with Crippen molar-refractivity contribution in [1.82, 2.24) is 4.98 Å². The fraction of sp³-hybridized carbons (Fsp3) is 0.500. The molecule has 0 aliphatic heterocycles. The van der Waals surface area contributed by atoms with Crippen LogP contribution in [0.2, 0.25) is 10.2 Å². The van der Waals surface area contributed by atoms with Gasteiger partial charge in [-0.3, -0.25) is 0 Å². The lowest BCUT2D eigenvalue weighted by Gasteiger charge is -1.92. The number of rotatable bonds is 0. The van der Waals surface area contributed by atoms with E-state index in [4.69, 9.17) is 23.2 Å². The van der Waals surface area contributed by atoms with E-state index in [2.05, 4.69) is 4.98 Å². The fourth-order valence-corrected chi connectivity index (χ4v) is 1.16. The Hall–Kier alpha value is -0.270. The Bertz CT molecular complexity index is 174. The minimum atomic E-state index is 0.444. The van der Waals surface area contributed by atoms with Gasteiger partial charge in [-0.2, -0.15) is 0 Å². The minimum Gasteiger partial charge on any atom is -0.241 e. The van der Waals surface area contributed by atoms with Crippen LogP contribution in [0.25, 0.3) is 0 Å². The molecule has 3 heteroatoms. The molecule has 13 heavy (non-hydrogen) atoms. The molecule has 0 fully saturated rings. The van der Waals surface area contributed by atoms with Crippen molar-refractivity contribution < 1.29 is 0 Å². The molecule has 0 bridgehead atoms. The molecule has 1 nitrogen and oxygen atoms in total. The average Bonchev–Trinajstić information content (AvgIpc) is 2.09. The molecule has 0 radical (unpaired) electrons. The third-order valence-electron chi connectivity index (χ3n) is 0.887. The zero-order chi connectivity index (χ0) is 10.9. The Balaban J connectivity index is 0. The standard InChI is InChI=1S/C6H5Cl2N.2C2H6/c1-4-2-5(7)3-6(8)9-4;2*1-2/h2-3H,1H3;2*1-2H3. The van der Waals surface area contributed by atoms with E-state index >= 15 is 0 Å². The van der Waals surface area contributed by atoms with E-state index in [1.54, 1.807) is 12.1 Å². The largest absolute Gasteiger partial charge is 0.241 e. The van der Waals surface area contributed by atoms with Crippen LogP contribution in [0.4, 0.5) is 0 Å². The predicted molar refractivity (Wildman–Crippen MR) is 61.7 cm³/mol. The third-order valence-corrected chi connectivity index (χ3v) is 1.30. The minimum absolute atomic E-state index is 0.444. The van der Waals surface area contributed by atoms with E-state index in [9.17, 15) is 0 Å². The molecule has 1 heterocycles. The quantitative estimate of drug-likeness (QED) is 0.577. The molecule has 0 amide bonds. The smallest absolute Gasteiger partial charge is 0.130 e. The summed E-state index contributed by atoms with van der Waals surface area (Å²) < 4.78 is 0. The highest BCUT2D eigenvalue weighted by molar-refractivity contribution is 6.33. The molecule has 0 N–H and O–H groups in total. The second-order valence-electron chi connectivity index (χ2n) is 1.75. The van der Waals surface area contributed by atoms with Gasteiger partial charge in [0.15, 0.2) is 0 Å². The highest BCUT2D eigenvalue weighted by Gasteiger charge is 1.92. The number of halogens is 2. The van der Waals surface area contributed by atoms with Crippen LogP contribution < -0.4 is 0 Å². The van der Waals surface area contributed by atoms with Gasteiger partial charge in [-0.1, -0.05) is 50.9 Å². The van der Waals surface area contributed by atoms with Crippen LogP contribution in [0, 0.1) is 6.92 Å². The topological polar surface area (TPSA) is 12.9 Å². The van der Waals surface area contributed by atoms with E-state index in [0.717, 1.165) is 5.69 Å². The van der Waals surface area contributed by atoms with Crippen LogP contribution >= 0.6 is 23.2 Å². The molecule has 76 valence electrons. The van der Waals surface area contributed by atoms with Crippen LogP contribution in [0.3, 0.4) is 0 Å². The van der Waals surface area contributed by atoms with E-state index < -0.39 is 0 Å². The maximum Gasteiger partial charge on any atom is 0.130 e. The van der Waals surface area contributed by atoms with Gasteiger partial charge in [-0.15, -0.1) is 0 Å². The maximum atomic E-state index is 5.63. The van der Waals surface area contributed by atoms with Crippen molar-refractivity contribution >= 4 is 23.2 Å². The summed E-state index contributed by atoms with van der Waals surface area (Å²) in [7, 11) is 0. The first kappa shape index (κ1) is 15.2. The van der Waals surface area contributed by atoms with E-state index in [-0.39, 0.29) is 0 Å². The van der Waals surface area contributed by atoms with Gasteiger partial charge in [-0.05, 0) is 19.1 Å². The zero-order valence-corrected chi connectivity index (χ0v) is 10.4. The van der Waals surface area contributed by atoms with Crippen molar-refractivity contribution in [3.63, 3.8) is 0 Å². The number of aromatic nitrogens is 1. The summed E-state index contributed by atoms with van der Waals surface area (Å²) in [5.74, 6) is 0. The lowest BCUT2D eigenvalue weighted by molar-refractivity contribution is 1.20. The zero-order valence-electron chi connectivity index (χ0n) is 8.86. The van der Waals surface area contributed by atoms with Crippen molar-refractivity contribution in [2.75, 3.05) is 0 Å². The Morgan fingerprint density at radius 2 is 1.46 bits per heavy atom. The van der Waals surface area contributed by atoms with Gasteiger partial charge in [0.05, 0.1) is 0 Å². The van der Waals surface area contributed by atoms with Crippen LogP contribution in [0.15, 0.2) is 12.1 Å². The summed E-state index contributed by atoms with van der Waals surface area (Å²) >= 11 is 11.2. The molecule has 0 aliphatic rings. The van der Waals surface area contributed by atoms with Gasteiger partial charge in [0.2, 0.25) is 0 Å². The van der Waals surface area contributed by atoms with Gasteiger partial charge >= 0.3 is 0 Å². The first-order chi connectivity index (χ1) is 6.18. The van der Waals surface area contributed by atoms with Crippen molar-refractivity contribution in [2.24, 2.45) is 0 Å². The summed E-state index contributed by atoms with van der Waals surface area (Å²) in [6.45, 7) is 9.85. The Kier molecular flexibility index (Phi) is 11.5. The molecule has 0 saturated carbocycles. The molecule has 0 unspecified atom stereocenters. The van der Waals surface area contributed by atoms with Crippen molar-refractivity contribution in [3.05, 3.63) is 28.0 Å². The number of pyridine rings is 1. The Morgan fingerprint density at radius 1 is 1.00 bits per heavy atom. The first-order valence-corrected chi connectivity index (χ1v) is 5.24. The number of nitrogens with zero attached hydrogens (tertiary/aromatic N) is 1. The second kappa shape index (κ2) is 9.82. The lowest BCUT2D eigenvalue weighted by atomic mass is 10.4. The lowest BCUT2D eigenvalue weighted by Crippen LogP contribution is -1.79. The SMILES string of the molecule is CC.CC.Cc1cc(Cl)cc(Cl)n1. The number of hydrogen-bond acceptors (Lipinski definition) is 1. The summed E-state index contributed by atoms with van der Waals surface area (Å²) in [6, 6.07) is 3.36.